The van der Waals surface area contributed by atoms with Gasteiger partial charge in [0, 0.05) is 9.79 Å². The van der Waals surface area contributed by atoms with E-state index in [0.717, 1.165) is 0 Å². The molecule has 268 valence electrons. The molecule has 2 aromatic carbocycles. The van der Waals surface area contributed by atoms with Crippen LogP contribution < -0.4 is 28.4 Å². The van der Waals surface area contributed by atoms with Crippen LogP contribution in [0.5, 0.6) is 34.5 Å². The maximum atomic E-state index is 5.16. The fourth-order valence-electron chi connectivity index (χ4n) is 4.90. The maximum absolute atomic E-state index is 5.16. The molecular weight excluding hydrogens is 705 g/mol. The Morgan fingerprint density at radius 1 is 0.457 bits per heavy atom. The van der Waals surface area contributed by atoms with Gasteiger partial charge in [0.15, 0.2) is 23.0 Å². The molecule has 0 unspecified atom stereocenters. The average molecular weight is 766 g/mol. The van der Waals surface area contributed by atoms with Gasteiger partial charge in [-0.3, -0.25) is 0 Å². The van der Waals surface area contributed by atoms with Crippen LogP contribution in [0.15, 0.2) is 31.7 Å². The van der Waals surface area contributed by atoms with Crippen molar-refractivity contribution in [3.63, 3.8) is 0 Å². The van der Waals surface area contributed by atoms with Crippen molar-refractivity contribution in [3.8, 4) is 34.5 Å². The first-order chi connectivity index (χ1) is 21.5. The van der Waals surface area contributed by atoms with Crippen molar-refractivity contribution in [2.75, 3.05) is 68.8 Å². The van der Waals surface area contributed by atoms with Crippen molar-refractivity contribution in [3.05, 3.63) is 12.1 Å². The van der Waals surface area contributed by atoms with Crippen LogP contribution in [0, 0.1) is 0 Å². The van der Waals surface area contributed by atoms with Gasteiger partial charge >= 0.3 is 16.5 Å². The molecule has 0 N–H and O–H groups in total. The second-order valence-electron chi connectivity index (χ2n) is 10.7. The van der Waals surface area contributed by atoms with E-state index in [9.17, 15) is 0 Å². The summed E-state index contributed by atoms with van der Waals surface area (Å²) in [7, 11) is 9.30. The number of hydrogen-bond acceptors (Lipinski definition) is 10. The molecule has 0 bridgehead atoms. The zero-order valence-electron chi connectivity index (χ0n) is 29.6. The van der Waals surface area contributed by atoms with Gasteiger partial charge in [-0.05, 0) is 37.8 Å². The van der Waals surface area contributed by atoms with E-state index in [1.165, 1.54) is 82.0 Å². The molecule has 0 aliphatic carbocycles. The topological polar surface area (TPSA) is 55.4 Å². The fraction of sp³-hybridized carbons (Fsp3) is 0.647. The van der Waals surface area contributed by atoms with Gasteiger partial charge in [0.2, 0.25) is 11.5 Å². The smallest absolute Gasteiger partial charge is 0.493 e. The summed E-state index contributed by atoms with van der Waals surface area (Å²) < 4.78 is 32.3. The Bertz CT molecular complexity index is 1010. The molecule has 7 nitrogen and oxygen atoms in total. The molecule has 0 fully saturated rings. The van der Waals surface area contributed by atoms with E-state index in [1.54, 1.807) is 54.8 Å². The number of nitrogens with zero attached hydrogens (tertiary/aromatic N) is 1. The third-order valence-corrected chi connectivity index (χ3v) is 9.46. The molecule has 2 rings (SSSR count). The van der Waals surface area contributed by atoms with Crippen molar-refractivity contribution >= 4 is 50.5 Å². The summed E-state index contributed by atoms with van der Waals surface area (Å²) in [6.45, 7) is 15.0. The van der Waals surface area contributed by atoms with Gasteiger partial charge in [0.1, 0.15) is 0 Å². The second-order valence-corrected chi connectivity index (χ2v) is 12.5. The van der Waals surface area contributed by atoms with Crippen LogP contribution in [0.1, 0.15) is 79.1 Å². The van der Waals surface area contributed by atoms with E-state index in [-0.39, 0.29) is 16.5 Å². The molecule has 0 aromatic heterocycles. The molecule has 0 spiro atoms. The van der Waals surface area contributed by atoms with Gasteiger partial charge < -0.3 is 32.9 Å². The first-order valence-corrected chi connectivity index (χ1v) is 17.6. The summed E-state index contributed by atoms with van der Waals surface area (Å²) in [6.07, 6.45) is 11.1. The van der Waals surface area contributed by atoms with E-state index >= 15 is 0 Å². The van der Waals surface area contributed by atoms with Crippen LogP contribution in [-0.2, 0) is 16.5 Å². The standard InChI is InChI=1S/C16H36N.2C9H12O3S2.Ni/c1-5-9-13-17(14-10-6-2,15-11-7-3)16-12-8-4;2*1-10-5-4-6(13)9(14)8(12-3)7(5)11-2;/h5-16H2,1-4H3;2*4,13-14H,1-3H3;/q+1;;;+2. The molecule has 0 aliphatic rings. The molecule has 0 amide bonds. The summed E-state index contributed by atoms with van der Waals surface area (Å²) >= 11 is 17.0. The number of unbranched alkanes of at least 4 members (excludes halogenated alkanes) is 4. The van der Waals surface area contributed by atoms with Crippen LogP contribution in [0.4, 0.5) is 0 Å². The molecule has 0 saturated heterocycles. The average Bonchev–Trinajstić information content (AvgIpc) is 3.06. The predicted octanol–water partition coefficient (Wildman–Crippen LogP) is 9.58. The van der Waals surface area contributed by atoms with Gasteiger partial charge in [-0.15, -0.1) is 50.5 Å². The van der Waals surface area contributed by atoms with Crippen LogP contribution in [0.25, 0.3) is 0 Å². The van der Waals surface area contributed by atoms with Gasteiger partial charge in [-0.2, -0.15) is 0 Å². The molecule has 0 radical (unpaired) electrons. The Kier molecular flexibility index (Phi) is 27.7. The van der Waals surface area contributed by atoms with Crippen molar-refractivity contribution in [1.82, 2.24) is 0 Å². The Balaban J connectivity index is 0. The van der Waals surface area contributed by atoms with Crippen LogP contribution >= 0.6 is 50.5 Å². The monoisotopic (exact) mass is 764 g/mol. The van der Waals surface area contributed by atoms with Crippen LogP contribution in [-0.4, -0.2) is 73.3 Å². The third kappa shape index (κ3) is 15.1. The van der Waals surface area contributed by atoms with Gasteiger partial charge in [0.05, 0.1) is 78.6 Å². The van der Waals surface area contributed by atoms with Gasteiger partial charge in [0.25, 0.3) is 0 Å². The molecular formula is C34H60NNiO6S4+3. The third-order valence-electron chi connectivity index (χ3n) is 7.51. The van der Waals surface area contributed by atoms with Gasteiger partial charge in [-0.25, -0.2) is 0 Å². The van der Waals surface area contributed by atoms with E-state index in [4.69, 9.17) is 28.4 Å². The minimum Gasteiger partial charge on any atom is -0.493 e. The first kappa shape index (κ1) is 47.2. The molecule has 0 heterocycles. The van der Waals surface area contributed by atoms with E-state index in [0.29, 0.717) is 54.1 Å². The van der Waals surface area contributed by atoms with Gasteiger partial charge in [-0.1, -0.05) is 53.4 Å². The molecule has 12 heteroatoms. The van der Waals surface area contributed by atoms with Crippen molar-refractivity contribution in [1.29, 1.82) is 0 Å². The summed E-state index contributed by atoms with van der Waals surface area (Å²) in [4.78, 5) is 2.63. The Labute approximate surface area is 312 Å². The minimum atomic E-state index is 0. The summed E-state index contributed by atoms with van der Waals surface area (Å²) in [5, 5.41) is 0. The van der Waals surface area contributed by atoms with E-state index in [1.807, 2.05) is 0 Å². The van der Waals surface area contributed by atoms with Crippen molar-refractivity contribution in [2.24, 2.45) is 0 Å². The van der Waals surface area contributed by atoms with Crippen LogP contribution in [0.2, 0.25) is 0 Å². The predicted molar refractivity (Wildman–Crippen MR) is 201 cm³/mol. The number of rotatable bonds is 18. The largest absolute Gasteiger partial charge is 2.00 e. The number of methoxy groups -OCH3 is 6. The Morgan fingerprint density at radius 3 is 0.913 bits per heavy atom. The van der Waals surface area contributed by atoms with E-state index in [2.05, 4.69) is 78.2 Å². The van der Waals surface area contributed by atoms with Crippen LogP contribution in [0.3, 0.4) is 0 Å². The summed E-state index contributed by atoms with van der Waals surface area (Å²) in [5.74, 6) is 3.26. The zero-order chi connectivity index (χ0) is 34.4. The second kappa shape index (κ2) is 27.0. The number of benzene rings is 2. The Hall–Kier alpha value is -0.906. The summed E-state index contributed by atoms with van der Waals surface area (Å²) in [5.41, 5.74) is 0. The summed E-state index contributed by atoms with van der Waals surface area (Å²) in [6, 6.07) is 3.46. The number of thiol groups is 4. The molecule has 2 aromatic rings. The normalized spacial score (nSPS) is 10.4. The molecule has 0 saturated carbocycles. The fourth-order valence-corrected chi connectivity index (χ4v) is 5.85. The zero-order valence-corrected chi connectivity index (χ0v) is 34.2. The number of hydrogen-bond donors (Lipinski definition) is 4. The minimum absolute atomic E-state index is 0. The number of quaternary nitrogens is 1. The first-order valence-electron chi connectivity index (χ1n) is 15.8. The van der Waals surface area contributed by atoms with E-state index < -0.39 is 0 Å². The quantitative estimate of drug-likeness (QED) is 0.0690. The maximum Gasteiger partial charge on any atom is 2.00 e. The van der Waals surface area contributed by atoms with Crippen molar-refractivity contribution in [2.45, 2.75) is 98.6 Å². The van der Waals surface area contributed by atoms with Crippen molar-refractivity contribution < 1.29 is 49.4 Å². The Morgan fingerprint density at radius 2 is 0.717 bits per heavy atom. The molecule has 46 heavy (non-hydrogen) atoms. The number of ether oxygens (including phenoxy) is 6. The molecule has 0 atom stereocenters. The molecule has 0 aliphatic heterocycles. The SMILES string of the molecule is CCCC[N+](CCCC)(CCCC)CCCC.COc1cc(S)c(S)c(OC)c1OC.COc1cc(S)c(S)c(OC)c1OC.[Ni+2].